The maximum absolute atomic E-state index is 13.3. The highest BCUT2D eigenvalue weighted by Gasteiger charge is 2.53. The summed E-state index contributed by atoms with van der Waals surface area (Å²) in [6, 6.07) is 6.46. The van der Waals surface area contributed by atoms with Crippen LogP contribution in [-0.2, 0) is 19.6 Å². The molecule has 0 saturated carbocycles. The molecule has 12 nitrogen and oxygen atoms in total. The zero-order valence-electron chi connectivity index (χ0n) is 24.0. The van der Waals surface area contributed by atoms with E-state index in [1.54, 1.807) is 19.1 Å². The average Bonchev–Trinajstić information content (AvgIpc) is 3.59. The van der Waals surface area contributed by atoms with E-state index in [1.165, 1.54) is 7.11 Å². The highest BCUT2D eigenvalue weighted by molar-refractivity contribution is 7.89. The van der Waals surface area contributed by atoms with E-state index in [4.69, 9.17) is 24.7 Å². The molecular formula is C29H40N4O8S. The monoisotopic (exact) mass is 604 g/mol. The lowest BCUT2D eigenvalue weighted by Gasteiger charge is -2.39. The van der Waals surface area contributed by atoms with Crippen molar-refractivity contribution in [3.05, 3.63) is 46.5 Å². The van der Waals surface area contributed by atoms with Gasteiger partial charge in [0.05, 0.1) is 31.4 Å². The topological polar surface area (TPSA) is 170 Å². The van der Waals surface area contributed by atoms with Crippen LogP contribution < -0.4 is 35.3 Å². The largest absolute Gasteiger partial charge is 0.504 e. The SMILES string of the molecule is COc1cc(C2c3cc4c(cc3[C@@H](NS(=O)(=O)CCNCCCNCCCN)[C@H]3COC(=O)[C@H]23)OCO4)cc(C)c1O. The second-order valence-electron chi connectivity index (χ2n) is 10.9. The first-order valence-corrected chi connectivity index (χ1v) is 16.0. The van der Waals surface area contributed by atoms with E-state index in [0.717, 1.165) is 37.1 Å². The van der Waals surface area contributed by atoms with E-state index in [0.29, 0.717) is 35.7 Å². The smallest absolute Gasteiger partial charge is 0.310 e. The summed E-state index contributed by atoms with van der Waals surface area (Å²) < 4.78 is 51.8. The maximum Gasteiger partial charge on any atom is 0.310 e. The summed E-state index contributed by atoms with van der Waals surface area (Å²) in [5, 5.41) is 17.0. The first kappa shape index (κ1) is 30.4. The number of benzene rings is 2. The third kappa shape index (κ3) is 6.30. The van der Waals surface area contributed by atoms with Crippen molar-refractivity contribution in [3.8, 4) is 23.0 Å². The Balaban J connectivity index is 1.40. The summed E-state index contributed by atoms with van der Waals surface area (Å²) in [7, 11) is -2.27. The fraction of sp³-hybridized carbons (Fsp3) is 0.552. The number of methoxy groups -OCH3 is 1. The molecule has 1 saturated heterocycles. The van der Waals surface area contributed by atoms with Gasteiger partial charge in [0.15, 0.2) is 23.0 Å². The number of fused-ring (bicyclic) bond motifs is 3. The first-order valence-electron chi connectivity index (χ1n) is 14.3. The second kappa shape index (κ2) is 13.0. The van der Waals surface area contributed by atoms with Crippen molar-refractivity contribution in [2.45, 2.75) is 31.7 Å². The molecule has 1 aliphatic carbocycles. The Bertz CT molecular complexity index is 1400. The summed E-state index contributed by atoms with van der Waals surface area (Å²) >= 11 is 0. The minimum Gasteiger partial charge on any atom is -0.504 e. The third-order valence-corrected chi connectivity index (χ3v) is 9.53. The van der Waals surface area contributed by atoms with Gasteiger partial charge in [0.2, 0.25) is 16.8 Å². The summed E-state index contributed by atoms with van der Waals surface area (Å²) in [6.45, 7) is 5.21. The number of carbonyl (C=O) groups is 1. The molecular weight excluding hydrogens is 564 g/mol. The number of hydrogen-bond acceptors (Lipinski definition) is 11. The molecule has 1 unspecified atom stereocenters. The fourth-order valence-corrected chi connectivity index (χ4v) is 7.32. The van der Waals surface area contributed by atoms with Crippen molar-refractivity contribution in [2.24, 2.45) is 17.6 Å². The van der Waals surface area contributed by atoms with Crippen LogP contribution in [0.2, 0.25) is 0 Å². The third-order valence-electron chi connectivity index (χ3n) is 8.17. The first-order chi connectivity index (χ1) is 20.2. The molecule has 0 radical (unpaired) electrons. The van der Waals surface area contributed by atoms with E-state index in [9.17, 15) is 18.3 Å². The van der Waals surface area contributed by atoms with Gasteiger partial charge in [0, 0.05) is 18.4 Å². The molecule has 0 amide bonds. The Labute approximate surface area is 246 Å². The maximum atomic E-state index is 13.3. The molecule has 230 valence electrons. The van der Waals surface area contributed by atoms with Crippen molar-refractivity contribution in [1.29, 1.82) is 0 Å². The van der Waals surface area contributed by atoms with Gasteiger partial charge < -0.3 is 40.4 Å². The Morgan fingerprint density at radius 1 is 1.00 bits per heavy atom. The number of hydrogen-bond donors (Lipinski definition) is 5. The van der Waals surface area contributed by atoms with Gasteiger partial charge in [-0.2, -0.15) is 0 Å². The summed E-state index contributed by atoms with van der Waals surface area (Å²) in [4.78, 5) is 13.3. The van der Waals surface area contributed by atoms with Crippen LogP contribution in [0.1, 0.15) is 47.1 Å². The van der Waals surface area contributed by atoms with Gasteiger partial charge in [-0.1, -0.05) is 6.07 Å². The predicted octanol–water partition coefficient (Wildman–Crippen LogP) is 1.25. The number of rotatable bonds is 14. The molecule has 13 heteroatoms. The van der Waals surface area contributed by atoms with E-state index < -0.39 is 39.8 Å². The summed E-state index contributed by atoms with van der Waals surface area (Å²) in [5.74, 6) is -0.772. The number of nitrogens with two attached hydrogens (primary N) is 1. The van der Waals surface area contributed by atoms with Crippen LogP contribution in [0.15, 0.2) is 24.3 Å². The standard InChI is InChI=1S/C29H40N4O8S/c1-17-11-18(12-24(38-2)28(17)34)25-19-13-22-23(41-16-40-22)14-20(19)27(21-15-39-29(35)26(21)25)33-42(36,37)10-9-32-8-4-7-31-6-3-5-30/h11-14,21,25-27,31-34H,3-10,15-16,30H2,1-2H3/t21-,25?,26-,27+/m0/s1. The molecule has 2 aromatic rings. The normalized spacial score (nSPS) is 22.5. The Morgan fingerprint density at radius 2 is 1.69 bits per heavy atom. The lowest BCUT2D eigenvalue weighted by molar-refractivity contribution is -0.141. The molecule has 0 aromatic heterocycles. The molecule has 5 rings (SSSR count). The number of sulfonamides is 1. The summed E-state index contributed by atoms with van der Waals surface area (Å²) in [5.41, 5.74) is 8.27. The minimum atomic E-state index is -3.74. The molecule has 42 heavy (non-hydrogen) atoms. The summed E-state index contributed by atoms with van der Waals surface area (Å²) in [6.07, 6.45) is 1.79. The van der Waals surface area contributed by atoms with Gasteiger partial charge in [0.25, 0.3) is 0 Å². The van der Waals surface area contributed by atoms with Crippen molar-refractivity contribution >= 4 is 16.0 Å². The molecule has 2 aliphatic heterocycles. The number of phenols is 1. The molecule has 2 heterocycles. The van der Waals surface area contributed by atoms with E-state index >= 15 is 0 Å². The minimum absolute atomic E-state index is 0.0237. The number of carbonyl (C=O) groups excluding carboxylic acids is 1. The zero-order chi connectivity index (χ0) is 29.9. The molecule has 4 atom stereocenters. The number of aryl methyl sites for hydroxylation is 1. The number of ether oxygens (including phenoxy) is 4. The van der Waals surface area contributed by atoms with Crippen molar-refractivity contribution < 1.29 is 37.3 Å². The van der Waals surface area contributed by atoms with Gasteiger partial charge >= 0.3 is 5.97 Å². The number of esters is 1. The molecule has 6 N–H and O–H groups in total. The lowest BCUT2D eigenvalue weighted by atomic mass is 9.65. The second-order valence-corrected chi connectivity index (χ2v) is 12.8. The van der Waals surface area contributed by atoms with Crippen molar-refractivity contribution in [1.82, 2.24) is 15.4 Å². The molecule has 3 aliphatic rings. The molecule has 1 fully saturated rings. The van der Waals surface area contributed by atoms with Crippen LogP contribution in [0.4, 0.5) is 0 Å². The number of aromatic hydroxyl groups is 1. The van der Waals surface area contributed by atoms with Crippen LogP contribution in [0.25, 0.3) is 0 Å². The average molecular weight is 605 g/mol. The van der Waals surface area contributed by atoms with Crippen molar-refractivity contribution in [3.63, 3.8) is 0 Å². The molecule has 0 spiro atoms. The van der Waals surface area contributed by atoms with Crippen LogP contribution in [-0.4, -0.2) is 78.5 Å². The fourth-order valence-electron chi connectivity index (χ4n) is 6.10. The van der Waals surface area contributed by atoms with Crippen LogP contribution >= 0.6 is 0 Å². The van der Waals surface area contributed by atoms with Crippen molar-refractivity contribution in [2.75, 3.05) is 59.0 Å². The Morgan fingerprint density at radius 3 is 2.40 bits per heavy atom. The Hall–Kier alpha value is -3.10. The highest BCUT2D eigenvalue weighted by atomic mass is 32.2. The number of cyclic esters (lactones) is 1. The van der Waals surface area contributed by atoms with Crippen LogP contribution in [0.3, 0.4) is 0 Å². The molecule has 0 bridgehead atoms. The number of nitrogens with one attached hydrogen (secondary N) is 3. The van der Waals surface area contributed by atoms with Gasteiger partial charge in [-0.15, -0.1) is 0 Å². The quantitative estimate of drug-likeness (QED) is 0.155. The van der Waals surface area contributed by atoms with E-state index in [-0.39, 0.29) is 37.2 Å². The van der Waals surface area contributed by atoms with Gasteiger partial charge in [-0.3, -0.25) is 4.79 Å². The van der Waals surface area contributed by atoms with Gasteiger partial charge in [0.1, 0.15) is 0 Å². The Kier molecular flexibility index (Phi) is 9.43. The zero-order valence-corrected chi connectivity index (χ0v) is 24.8. The van der Waals surface area contributed by atoms with E-state index in [1.807, 2.05) is 12.1 Å². The number of phenolic OH excluding ortho intramolecular Hbond substituents is 1. The van der Waals surface area contributed by atoms with Gasteiger partial charge in [-0.05, 0) is 86.4 Å². The highest BCUT2D eigenvalue weighted by Crippen LogP contribution is 2.55. The van der Waals surface area contributed by atoms with E-state index in [2.05, 4.69) is 15.4 Å². The van der Waals surface area contributed by atoms with Crippen LogP contribution in [0.5, 0.6) is 23.0 Å². The lowest BCUT2D eigenvalue weighted by Crippen LogP contribution is -2.44. The molecule has 2 aromatic carbocycles. The predicted molar refractivity (Wildman–Crippen MR) is 155 cm³/mol. The van der Waals surface area contributed by atoms with Crippen LogP contribution in [0, 0.1) is 18.8 Å². The van der Waals surface area contributed by atoms with Gasteiger partial charge in [-0.25, -0.2) is 13.1 Å².